The number of anilines is 4. The largest absolute Gasteiger partial charge is 0.489 e. The molecule has 9 nitrogen and oxygen atoms in total. The van der Waals surface area contributed by atoms with Gasteiger partial charge >= 0.3 is 0 Å². The maximum atomic E-state index is 12.8. The number of carbonyl (C=O) groups is 1. The molecular weight excluding hydrogens is 548 g/mol. The van der Waals surface area contributed by atoms with Crippen molar-refractivity contribution in [1.82, 2.24) is 19.9 Å². The van der Waals surface area contributed by atoms with Crippen molar-refractivity contribution in [3.8, 4) is 5.75 Å². The van der Waals surface area contributed by atoms with E-state index in [2.05, 4.69) is 44.6 Å². The van der Waals surface area contributed by atoms with Gasteiger partial charge in [0, 0.05) is 31.5 Å². The third-order valence-corrected chi connectivity index (χ3v) is 8.58. The lowest BCUT2D eigenvalue weighted by molar-refractivity contribution is -0.129. The lowest BCUT2D eigenvalue weighted by Gasteiger charge is -2.32. The number of piperidine rings is 1. The fourth-order valence-electron chi connectivity index (χ4n) is 4.73. The fraction of sp³-hybridized carbons (Fsp3) is 0.448. The molecule has 1 unspecified atom stereocenters. The van der Waals surface area contributed by atoms with Gasteiger partial charge in [0.1, 0.15) is 10.8 Å². The van der Waals surface area contributed by atoms with Crippen LogP contribution in [-0.4, -0.2) is 54.4 Å². The topological polar surface area (TPSA) is 109 Å². The Morgan fingerprint density at radius 3 is 2.50 bits per heavy atom. The van der Waals surface area contributed by atoms with Crippen LogP contribution in [0.15, 0.2) is 41.7 Å². The number of likely N-dealkylation sites (tertiary alicyclic amines) is 1. The average Bonchev–Trinajstić information content (AvgIpc) is 2.91. The molecule has 1 atom stereocenters. The number of carbonyl (C=O) groups excluding carboxylic acids is 1. The van der Waals surface area contributed by atoms with Crippen molar-refractivity contribution in [3.63, 3.8) is 0 Å². The second-order valence-corrected chi connectivity index (χ2v) is 12.8. The van der Waals surface area contributed by atoms with Crippen molar-refractivity contribution in [1.29, 1.82) is 0 Å². The molecule has 1 saturated heterocycles. The minimum atomic E-state index is -1.30. The first-order valence-electron chi connectivity index (χ1n) is 13.5. The zero-order valence-electron chi connectivity index (χ0n) is 23.8. The van der Waals surface area contributed by atoms with Crippen molar-refractivity contribution >= 4 is 51.4 Å². The summed E-state index contributed by atoms with van der Waals surface area (Å²) in [6.07, 6.45) is 4.93. The summed E-state index contributed by atoms with van der Waals surface area (Å²) in [5.74, 6) is 1.89. The molecule has 0 radical (unpaired) electrons. The summed E-state index contributed by atoms with van der Waals surface area (Å²) < 4.78 is 19.0. The van der Waals surface area contributed by atoms with Crippen LogP contribution in [0.25, 0.3) is 0 Å². The number of ether oxygens (including phenoxy) is 1. The van der Waals surface area contributed by atoms with Crippen molar-refractivity contribution in [3.05, 3.63) is 52.8 Å². The number of nitrogens with zero attached hydrogens (tertiary/aromatic N) is 4. The number of amides is 1. The summed E-state index contributed by atoms with van der Waals surface area (Å²) in [7, 11) is -1.30. The number of halogens is 1. The Morgan fingerprint density at radius 2 is 1.85 bits per heavy atom. The van der Waals surface area contributed by atoms with E-state index in [9.17, 15) is 9.00 Å². The summed E-state index contributed by atoms with van der Waals surface area (Å²) >= 11 is 6.44. The molecule has 3 heterocycles. The van der Waals surface area contributed by atoms with Crippen LogP contribution in [0.1, 0.15) is 64.5 Å². The van der Waals surface area contributed by atoms with Gasteiger partial charge < -0.3 is 20.3 Å². The number of hydrogen-bond donors (Lipinski definition) is 2. The van der Waals surface area contributed by atoms with E-state index in [0.29, 0.717) is 39.2 Å². The minimum Gasteiger partial charge on any atom is -0.489 e. The van der Waals surface area contributed by atoms with E-state index < -0.39 is 10.8 Å². The molecule has 11 heteroatoms. The van der Waals surface area contributed by atoms with E-state index in [0.717, 1.165) is 37.2 Å². The maximum Gasteiger partial charge on any atom is 0.229 e. The highest BCUT2D eigenvalue weighted by Crippen LogP contribution is 2.38. The van der Waals surface area contributed by atoms with Crippen LogP contribution in [0.4, 0.5) is 23.1 Å². The van der Waals surface area contributed by atoms with Gasteiger partial charge in [-0.1, -0.05) is 25.4 Å². The van der Waals surface area contributed by atoms with Crippen molar-refractivity contribution < 1.29 is 13.7 Å². The normalized spacial score (nSPS) is 14.9. The third-order valence-electron chi connectivity index (χ3n) is 6.74. The quantitative estimate of drug-likeness (QED) is 0.299. The lowest BCUT2D eigenvalue weighted by atomic mass is 9.86. The third kappa shape index (κ3) is 7.09. The summed E-state index contributed by atoms with van der Waals surface area (Å²) in [5.41, 5.74) is 3.67. The molecule has 1 aliphatic rings. The zero-order chi connectivity index (χ0) is 29.0. The Balaban J connectivity index is 1.61. The van der Waals surface area contributed by atoms with Crippen molar-refractivity contribution in [2.24, 2.45) is 0 Å². The van der Waals surface area contributed by atoms with Crippen LogP contribution in [-0.2, 0) is 15.6 Å². The molecule has 2 N–H and O–H groups in total. The van der Waals surface area contributed by atoms with Crippen LogP contribution in [0.5, 0.6) is 5.75 Å². The Hall–Kier alpha value is -3.24. The number of nitrogens with one attached hydrogen (secondary N) is 2. The average molecular weight is 585 g/mol. The first-order chi connectivity index (χ1) is 19.0. The van der Waals surface area contributed by atoms with Gasteiger partial charge in [-0.05, 0) is 74.9 Å². The highest BCUT2D eigenvalue weighted by atomic mass is 35.5. The molecule has 0 spiro atoms. The molecule has 3 aromatic rings. The Morgan fingerprint density at radius 1 is 1.12 bits per heavy atom. The molecule has 1 aliphatic heterocycles. The summed E-state index contributed by atoms with van der Waals surface area (Å²) in [4.78, 5) is 27.0. The van der Waals surface area contributed by atoms with Crippen LogP contribution >= 0.6 is 11.6 Å². The Bertz CT molecular complexity index is 1390. The maximum absolute atomic E-state index is 12.8. The summed E-state index contributed by atoms with van der Waals surface area (Å²) in [6, 6.07) is 7.72. The van der Waals surface area contributed by atoms with Gasteiger partial charge in [-0.2, -0.15) is 4.98 Å². The number of hydrogen-bond acceptors (Lipinski definition) is 8. The van der Waals surface area contributed by atoms with Gasteiger partial charge in [0.15, 0.2) is 10.8 Å². The van der Waals surface area contributed by atoms with E-state index in [1.54, 1.807) is 25.3 Å². The molecule has 2 aromatic heterocycles. The summed E-state index contributed by atoms with van der Waals surface area (Å²) in [5, 5.41) is 7.15. The second-order valence-electron chi connectivity index (χ2n) is 10.5. The SMILES string of the molecule is CC(=O)N1CCC(c2cc(OC(C)C)c(Nc3ncc(Cl)c(Nc4cccnc4S(=O)C(C)C)n3)cc2C)CC1. The van der Waals surface area contributed by atoms with Crippen LogP contribution in [0.3, 0.4) is 0 Å². The first-order valence-corrected chi connectivity index (χ1v) is 15.1. The molecule has 1 fully saturated rings. The standard InChI is InChI=1S/C29H37ClN6O3S/c1-17(2)39-26-15-22(21-9-12-36(13-10-21)20(6)37)19(5)14-25(26)34-29-32-16-23(30)27(35-29)33-24-8-7-11-31-28(24)40(38)18(3)4/h7-8,11,14-18,21H,9-10,12-13H2,1-6H3,(H2,32,33,34,35). The van der Waals surface area contributed by atoms with Gasteiger partial charge in [0.05, 0.1) is 34.5 Å². The molecule has 1 amide bonds. The molecule has 0 bridgehead atoms. The van der Waals surface area contributed by atoms with Crippen LogP contribution in [0, 0.1) is 6.92 Å². The van der Waals surface area contributed by atoms with Gasteiger partial charge in [-0.25, -0.2) is 9.97 Å². The van der Waals surface area contributed by atoms with Gasteiger partial charge in [-0.15, -0.1) is 0 Å². The van der Waals surface area contributed by atoms with E-state index in [1.165, 1.54) is 11.8 Å². The molecule has 0 saturated carbocycles. The number of aryl methyl sites for hydroxylation is 1. The highest BCUT2D eigenvalue weighted by molar-refractivity contribution is 7.85. The van der Waals surface area contributed by atoms with Gasteiger partial charge in [0.2, 0.25) is 11.9 Å². The number of pyridine rings is 1. The van der Waals surface area contributed by atoms with Gasteiger partial charge in [-0.3, -0.25) is 9.00 Å². The Labute approximate surface area is 243 Å². The van der Waals surface area contributed by atoms with E-state index >= 15 is 0 Å². The molecule has 0 aliphatic carbocycles. The molecule has 214 valence electrons. The Kier molecular flexibility index (Phi) is 9.63. The number of aromatic nitrogens is 3. The van der Waals surface area contributed by atoms with Crippen molar-refractivity contribution in [2.75, 3.05) is 23.7 Å². The molecule has 1 aromatic carbocycles. The molecule has 40 heavy (non-hydrogen) atoms. The lowest BCUT2D eigenvalue weighted by Crippen LogP contribution is -2.36. The fourth-order valence-corrected chi connectivity index (χ4v) is 5.82. The van der Waals surface area contributed by atoms with Crippen LogP contribution in [0.2, 0.25) is 5.02 Å². The first kappa shape index (κ1) is 29.7. The smallest absolute Gasteiger partial charge is 0.229 e. The van der Waals surface area contributed by atoms with E-state index in [1.807, 2.05) is 32.6 Å². The number of rotatable bonds is 9. The van der Waals surface area contributed by atoms with E-state index in [-0.39, 0.29) is 17.3 Å². The molecule has 4 rings (SSSR count). The highest BCUT2D eigenvalue weighted by Gasteiger charge is 2.25. The van der Waals surface area contributed by atoms with Gasteiger partial charge in [0.25, 0.3) is 0 Å². The second kappa shape index (κ2) is 13.0. The number of benzene rings is 1. The van der Waals surface area contributed by atoms with E-state index in [4.69, 9.17) is 16.3 Å². The monoisotopic (exact) mass is 584 g/mol. The minimum absolute atomic E-state index is 0.0372. The zero-order valence-corrected chi connectivity index (χ0v) is 25.4. The van der Waals surface area contributed by atoms with Crippen molar-refractivity contribution in [2.45, 2.75) is 76.7 Å². The van der Waals surface area contributed by atoms with Crippen LogP contribution < -0.4 is 15.4 Å². The predicted octanol–water partition coefficient (Wildman–Crippen LogP) is 6.35. The molecular formula is C29H37ClN6O3S. The predicted molar refractivity (Wildman–Crippen MR) is 161 cm³/mol. The summed E-state index contributed by atoms with van der Waals surface area (Å²) in [6.45, 7) is 13.0.